The molecule has 1 aromatic rings. The lowest BCUT2D eigenvalue weighted by molar-refractivity contribution is -0.159. The van der Waals surface area contributed by atoms with Gasteiger partial charge in [-0.3, -0.25) is 9.59 Å². The molecule has 1 N–H and O–H groups in total. The van der Waals surface area contributed by atoms with Crippen molar-refractivity contribution in [1.82, 2.24) is 4.90 Å². The van der Waals surface area contributed by atoms with Crippen LogP contribution in [0.1, 0.15) is 18.4 Å². The van der Waals surface area contributed by atoms with Crippen LogP contribution in [-0.2, 0) is 20.7 Å². The zero-order valence-corrected chi connectivity index (χ0v) is 13.1. The molecule has 5 nitrogen and oxygen atoms in total. The van der Waals surface area contributed by atoms with Gasteiger partial charge in [0.2, 0.25) is 5.91 Å². The van der Waals surface area contributed by atoms with E-state index in [4.69, 9.17) is 4.74 Å². The van der Waals surface area contributed by atoms with Crippen molar-refractivity contribution in [1.29, 1.82) is 0 Å². The van der Waals surface area contributed by atoms with Crippen LogP contribution in [0.4, 0.5) is 8.78 Å². The molecule has 130 valence electrons. The van der Waals surface area contributed by atoms with Gasteiger partial charge in [0.25, 0.3) is 0 Å². The number of aliphatic carboxylic acids is 1. The minimum Gasteiger partial charge on any atom is -0.481 e. The zero-order chi connectivity index (χ0) is 17.3. The zero-order valence-electron chi connectivity index (χ0n) is 13.1. The average molecular weight is 339 g/mol. The average Bonchev–Trinajstić information content (AvgIpc) is 2.95. The van der Waals surface area contributed by atoms with E-state index in [0.29, 0.717) is 19.6 Å². The Bertz CT molecular complexity index is 666. The van der Waals surface area contributed by atoms with Gasteiger partial charge < -0.3 is 14.7 Å². The fourth-order valence-corrected chi connectivity index (χ4v) is 3.60. The van der Waals surface area contributed by atoms with Crippen LogP contribution >= 0.6 is 0 Å². The molecule has 2 heterocycles. The molecule has 0 saturated carbocycles. The molecule has 0 radical (unpaired) electrons. The number of fused-ring (bicyclic) bond motifs is 1. The van der Waals surface area contributed by atoms with Crippen LogP contribution in [0, 0.1) is 23.0 Å². The summed E-state index contributed by atoms with van der Waals surface area (Å²) in [5.74, 6) is -2.60. The number of hydrogen-bond acceptors (Lipinski definition) is 3. The molecule has 0 aromatic heterocycles. The molecule has 3 rings (SSSR count). The SMILES string of the molecule is O=C(CCc1ccc(F)cc1F)N1C[C@@H]2CCOC[C@]2(C(=O)O)C1. The van der Waals surface area contributed by atoms with Crippen LogP contribution in [0.25, 0.3) is 0 Å². The van der Waals surface area contributed by atoms with Gasteiger partial charge in [0.15, 0.2) is 0 Å². The van der Waals surface area contributed by atoms with Gasteiger partial charge in [-0.1, -0.05) is 6.07 Å². The van der Waals surface area contributed by atoms with E-state index in [9.17, 15) is 23.5 Å². The molecule has 0 spiro atoms. The third-order valence-corrected chi connectivity index (χ3v) is 5.07. The summed E-state index contributed by atoms with van der Waals surface area (Å²) in [4.78, 5) is 25.6. The van der Waals surface area contributed by atoms with Gasteiger partial charge in [-0.25, -0.2) is 8.78 Å². The third-order valence-electron chi connectivity index (χ3n) is 5.07. The lowest BCUT2D eigenvalue weighted by Crippen LogP contribution is -2.46. The Morgan fingerprint density at radius 3 is 2.83 bits per heavy atom. The highest BCUT2D eigenvalue weighted by Crippen LogP contribution is 2.41. The number of likely N-dealkylation sites (tertiary alicyclic amines) is 1. The van der Waals surface area contributed by atoms with E-state index < -0.39 is 23.0 Å². The smallest absolute Gasteiger partial charge is 0.314 e. The summed E-state index contributed by atoms with van der Waals surface area (Å²) < 4.78 is 31.9. The molecule has 2 saturated heterocycles. The molecule has 1 aromatic carbocycles. The van der Waals surface area contributed by atoms with Crippen molar-refractivity contribution in [3.8, 4) is 0 Å². The van der Waals surface area contributed by atoms with Gasteiger partial charge in [-0.05, 0) is 30.4 Å². The van der Waals surface area contributed by atoms with Gasteiger partial charge in [0.05, 0.1) is 6.61 Å². The Balaban J connectivity index is 1.65. The number of halogens is 2. The molecule has 0 unspecified atom stereocenters. The summed E-state index contributed by atoms with van der Waals surface area (Å²) in [6.07, 6.45) is 0.831. The van der Waals surface area contributed by atoms with E-state index in [1.165, 1.54) is 11.0 Å². The van der Waals surface area contributed by atoms with Crippen molar-refractivity contribution >= 4 is 11.9 Å². The first-order chi connectivity index (χ1) is 11.4. The molecule has 1 amide bonds. The van der Waals surface area contributed by atoms with Gasteiger partial charge in [-0.2, -0.15) is 0 Å². The number of rotatable bonds is 4. The highest BCUT2D eigenvalue weighted by Gasteiger charge is 2.55. The van der Waals surface area contributed by atoms with E-state index in [2.05, 4.69) is 0 Å². The van der Waals surface area contributed by atoms with E-state index in [0.717, 1.165) is 12.1 Å². The first-order valence-corrected chi connectivity index (χ1v) is 7.95. The summed E-state index contributed by atoms with van der Waals surface area (Å²) in [5.41, 5.74) is -0.757. The minimum absolute atomic E-state index is 0.0613. The molecule has 0 aliphatic carbocycles. The van der Waals surface area contributed by atoms with E-state index >= 15 is 0 Å². The molecular weight excluding hydrogens is 320 g/mol. The van der Waals surface area contributed by atoms with E-state index in [-0.39, 0.29) is 43.4 Å². The first kappa shape index (κ1) is 16.8. The number of carboxylic acid groups (broad SMARTS) is 1. The molecule has 2 aliphatic heterocycles. The predicted octanol–water partition coefficient (Wildman–Crippen LogP) is 1.85. The fraction of sp³-hybridized carbons (Fsp3) is 0.529. The van der Waals surface area contributed by atoms with E-state index in [1.807, 2.05) is 0 Å². The fourth-order valence-electron chi connectivity index (χ4n) is 3.60. The Morgan fingerprint density at radius 2 is 2.17 bits per heavy atom. The summed E-state index contributed by atoms with van der Waals surface area (Å²) in [6, 6.07) is 3.28. The highest BCUT2D eigenvalue weighted by molar-refractivity contribution is 5.81. The molecular formula is C17H19F2NO4. The quantitative estimate of drug-likeness (QED) is 0.909. The van der Waals surface area contributed by atoms with E-state index in [1.54, 1.807) is 0 Å². The minimum atomic E-state index is -1.03. The Hall–Kier alpha value is -2.02. The van der Waals surface area contributed by atoms with Gasteiger partial charge in [0, 0.05) is 32.2 Å². The molecule has 2 fully saturated rings. The van der Waals surface area contributed by atoms with Gasteiger partial charge in [-0.15, -0.1) is 0 Å². The second-order valence-electron chi connectivity index (χ2n) is 6.51. The maximum absolute atomic E-state index is 13.6. The second-order valence-corrected chi connectivity index (χ2v) is 6.51. The number of aryl methyl sites for hydroxylation is 1. The highest BCUT2D eigenvalue weighted by atomic mass is 19.1. The monoisotopic (exact) mass is 339 g/mol. The topological polar surface area (TPSA) is 66.8 Å². The first-order valence-electron chi connectivity index (χ1n) is 7.95. The standard InChI is InChI=1S/C17H19F2NO4/c18-13-3-1-11(14(19)7-13)2-4-15(21)20-8-12-5-6-24-10-17(12,9-20)16(22)23/h1,3,7,12H,2,4-6,8-10H2,(H,22,23)/t12-,17+/m0/s1. The predicted molar refractivity (Wildman–Crippen MR) is 80.3 cm³/mol. The molecule has 0 bridgehead atoms. The molecule has 7 heteroatoms. The summed E-state index contributed by atoms with van der Waals surface area (Å²) >= 11 is 0. The van der Waals surface area contributed by atoms with Crippen LogP contribution in [0.2, 0.25) is 0 Å². The summed E-state index contributed by atoms with van der Waals surface area (Å²) in [7, 11) is 0. The second kappa shape index (κ2) is 6.47. The summed E-state index contributed by atoms with van der Waals surface area (Å²) in [6.45, 7) is 1.13. The number of carbonyl (C=O) groups excluding carboxylic acids is 1. The van der Waals surface area contributed by atoms with Crippen molar-refractivity contribution in [3.63, 3.8) is 0 Å². The third kappa shape index (κ3) is 3.00. The van der Waals surface area contributed by atoms with Crippen LogP contribution < -0.4 is 0 Å². The number of hydrogen-bond donors (Lipinski definition) is 1. The Morgan fingerprint density at radius 1 is 1.38 bits per heavy atom. The molecule has 24 heavy (non-hydrogen) atoms. The summed E-state index contributed by atoms with van der Waals surface area (Å²) in [5, 5.41) is 9.57. The van der Waals surface area contributed by atoms with Gasteiger partial charge in [0.1, 0.15) is 17.0 Å². The van der Waals surface area contributed by atoms with Crippen molar-refractivity contribution in [2.24, 2.45) is 11.3 Å². The Kier molecular flexibility index (Phi) is 4.54. The number of amides is 1. The van der Waals surface area contributed by atoms with Crippen LogP contribution in [0.3, 0.4) is 0 Å². The van der Waals surface area contributed by atoms with Crippen LogP contribution in [-0.4, -0.2) is 48.2 Å². The lowest BCUT2D eigenvalue weighted by Gasteiger charge is -2.33. The van der Waals surface area contributed by atoms with Crippen molar-refractivity contribution in [3.05, 3.63) is 35.4 Å². The molecule has 2 atom stereocenters. The number of ether oxygens (including phenoxy) is 1. The number of carbonyl (C=O) groups is 2. The van der Waals surface area contributed by atoms with Crippen molar-refractivity contribution in [2.45, 2.75) is 19.3 Å². The molecule has 2 aliphatic rings. The number of nitrogens with zero attached hydrogens (tertiary/aromatic N) is 1. The largest absolute Gasteiger partial charge is 0.481 e. The maximum atomic E-state index is 13.6. The maximum Gasteiger partial charge on any atom is 0.314 e. The Labute approximate surface area is 138 Å². The van der Waals surface area contributed by atoms with Crippen molar-refractivity contribution in [2.75, 3.05) is 26.3 Å². The normalized spacial score (nSPS) is 26.2. The lowest BCUT2D eigenvalue weighted by atomic mass is 9.76. The number of benzene rings is 1. The number of carboxylic acids is 1. The van der Waals surface area contributed by atoms with Crippen LogP contribution in [0.15, 0.2) is 18.2 Å². The van der Waals surface area contributed by atoms with Crippen LogP contribution in [0.5, 0.6) is 0 Å². The van der Waals surface area contributed by atoms with Gasteiger partial charge >= 0.3 is 5.97 Å². The van der Waals surface area contributed by atoms with Crippen molar-refractivity contribution < 1.29 is 28.2 Å².